The second kappa shape index (κ2) is 11.0. The number of aromatic nitrogens is 2. The molecule has 188 valence electrons. The van der Waals surface area contributed by atoms with Crippen LogP contribution in [0.5, 0.6) is 5.88 Å². The molecule has 4 N–H and O–H groups in total. The zero-order valence-electron chi connectivity index (χ0n) is 20.4. The minimum atomic E-state index is -0.261. The SMILES string of the molecule is CC(C)[C@H](CO)NC(=O)CC1CCC(c2ccc(N3CCOc4ncnc(N)c4C3=O)cc2)CC1. The van der Waals surface area contributed by atoms with E-state index in [-0.39, 0.29) is 47.6 Å². The lowest BCUT2D eigenvalue weighted by molar-refractivity contribution is -0.123. The molecule has 9 heteroatoms. The van der Waals surface area contributed by atoms with Crippen LogP contribution in [0, 0.1) is 11.8 Å². The summed E-state index contributed by atoms with van der Waals surface area (Å²) >= 11 is 0. The van der Waals surface area contributed by atoms with Crippen LogP contribution >= 0.6 is 0 Å². The first kappa shape index (κ1) is 24.9. The van der Waals surface area contributed by atoms with Gasteiger partial charge in [0.25, 0.3) is 5.91 Å². The number of benzene rings is 1. The summed E-state index contributed by atoms with van der Waals surface area (Å²) < 4.78 is 5.61. The van der Waals surface area contributed by atoms with Gasteiger partial charge in [-0.2, -0.15) is 0 Å². The molecule has 1 aromatic carbocycles. The van der Waals surface area contributed by atoms with E-state index in [0.717, 1.165) is 31.4 Å². The van der Waals surface area contributed by atoms with Gasteiger partial charge in [0.2, 0.25) is 11.8 Å². The number of ether oxygens (including phenoxy) is 1. The van der Waals surface area contributed by atoms with E-state index in [4.69, 9.17) is 10.5 Å². The van der Waals surface area contributed by atoms with E-state index in [1.165, 1.54) is 11.9 Å². The van der Waals surface area contributed by atoms with Crippen LogP contribution in [0.4, 0.5) is 11.5 Å². The summed E-state index contributed by atoms with van der Waals surface area (Å²) in [6.07, 6.45) is 5.88. The number of aliphatic hydroxyl groups excluding tert-OH is 1. The molecule has 1 saturated carbocycles. The molecule has 2 aliphatic rings. The average molecular weight is 482 g/mol. The molecule has 9 nitrogen and oxygen atoms in total. The molecule has 0 bridgehead atoms. The lowest BCUT2D eigenvalue weighted by Crippen LogP contribution is -2.41. The summed E-state index contributed by atoms with van der Waals surface area (Å²) in [5.74, 6) is 1.14. The van der Waals surface area contributed by atoms with E-state index in [1.807, 2.05) is 26.0 Å². The van der Waals surface area contributed by atoms with E-state index in [2.05, 4.69) is 27.4 Å². The Morgan fingerprint density at radius 1 is 1.20 bits per heavy atom. The highest BCUT2D eigenvalue weighted by Crippen LogP contribution is 2.38. The summed E-state index contributed by atoms with van der Waals surface area (Å²) in [4.78, 5) is 35.2. The predicted octanol–water partition coefficient (Wildman–Crippen LogP) is 2.90. The fraction of sp³-hybridized carbons (Fsp3) is 0.538. The van der Waals surface area contributed by atoms with Crippen molar-refractivity contribution in [2.75, 3.05) is 30.4 Å². The van der Waals surface area contributed by atoms with Crippen molar-refractivity contribution < 1.29 is 19.4 Å². The zero-order valence-corrected chi connectivity index (χ0v) is 20.4. The van der Waals surface area contributed by atoms with Crippen LogP contribution in [0.3, 0.4) is 0 Å². The molecule has 1 atom stereocenters. The van der Waals surface area contributed by atoms with Crippen molar-refractivity contribution in [2.24, 2.45) is 11.8 Å². The molecule has 4 rings (SSSR count). The maximum Gasteiger partial charge on any atom is 0.267 e. The number of anilines is 2. The van der Waals surface area contributed by atoms with Gasteiger partial charge in [-0.15, -0.1) is 0 Å². The normalized spacial score (nSPS) is 21.1. The minimum Gasteiger partial charge on any atom is -0.475 e. The van der Waals surface area contributed by atoms with Crippen LogP contribution in [0.25, 0.3) is 0 Å². The number of nitrogens with one attached hydrogen (secondary N) is 1. The zero-order chi connectivity index (χ0) is 24.9. The third kappa shape index (κ3) is 5.73. The molecule has 0 radical (unpaired) electrons. The molecular weight excluding hydrogens is 446 g/mol. The van der Waals surface area contributed by atoms with Gasteiger partial charge in [0.1, 0.15) is 24.3 Å². The first-order valence-corrected chi connectivity index (χ1v) is 12.4. The lowest BCUT2D eigenvalue weighted by Gasteiger charge is -2.29. The van der Waals surface area contributed by atoms with Gasteiger partial charge in [-0.05, 0) is 61.1 Å². The Kier molecular flexibility index (Phi) is 7.85. The number of carbonyl (C=O) groups excluding carboxylic acids is 2. The number of nitrogens with zero attached hydrogens (tertiary/aromatic N) is 3. The lowest BCUT2D eigenvalue weighted by atomic mass is 9.77. The van der Waals surface area contributed by atoms with Crippen LogP contribution in [-0.2, 0) is 4.79 Å². The summed E-state index contributed by atoms with van der Waals surface area (Å²) in [5, 5.41) is 12.4. The number of aliphatic hydroxyl groups is 1. The second-order valence-corrected chi connectivity index (χ2v) is 9.86. The van der Waals surface area contributed by atoms with E-state index in [0.29, 0.717) is 31.4 Å². The van der Waals surface area contributed by atoms with E-state index < -0.39 is 0 Å². The third-order valence-corrected chi connectivity index (χ3v) is 7.20. The van der Waals surface area contributed by atoms with Gasteiger partial charge in [-0.3, -0.25) is 9.59 Å². The highest BCUT2D eigenvalue weighted by molar-refractivity contribution is 6.10. The van der Waals surface area contributed by atoms with Gasteiger partial charge in [-0.25, -0.2) is 9.97 Å². The van der Waals surface area contributed by atoms with Gasteiger partial charge in [-0.1, -0.05) is 26.0 Å². The molecule has 1 aliphatic heterocycles. The van der Waals surface area contributed by atoms with Gasteiger partial charge < -0.3 is 25.8 Å². The fourth-order valence-corrected chi connectivity index (χ4v) is 4.99. The molecule has 1 aromatic heterocycles. The van der Waals surface area contributed by atoms with E-state index in [1.54, 1.807) is 4.90 Å². The van der Waals surface area contributed by atoms with Crippen molar-refractivity contribution in [3.63, 3.8) is 0 Å². The van der Waals surface area contributed by atoms with Crippen molar-refractivity contribution in [1.29, 1.82) is 0 Å². The first-order chi connectivity index (χ1) is 16.9. The molecule has 2 heterocycles. The van der Waals surface area contributed by atoms with Crippen molar-refractivity contribution in [3.05, 3.63) is 41.7 Å². The van der Waals surface area contributed by atoms with Gasteiger partial charge in [0.15, 0.2) is 0 Å². The van der Waals surface area contributed by atoms with Gasteiger partial charge in [0, 0.05) is 12.1 Å². The van der Waals surface area contributed by atoms with Crippen LogP contribution in [0.15, 0.2) is 30.6 Å². The van der Waals surface area contributed by atoms with Gasteiger partial charge in [0.05, 0.1) is 19.2 Å². The number of rotatable bonds is 7. The Balaban J connectivity index is 1.34. The van der Waals surface area contributed by atoms with Crippen molar-refractivity contribution >= 4 is 23.3 Å². The monoisotopic (exact) mass is 481 g/mol. The fourth-order valence-electron chi connectivity index (χ4n) is 4.99. The summed E-state index contributed by atoms with van der Waals surface area (Å²) in [7, 11) is 0. The number of fused-ring (bicyclic) bond motifs is 1. The predicted molar refractivity (Wildman–Crippen MR) is 133 cm³/mol. The Labute approximate surface area is 206 Å². The number of nitrogen functional groups attached to an aromatic ring is 1. The molecule has 2 amide bonds. The Morgan fingerprint density at radius 3 is 2.57 bits per heavy atom. The summed E-state index contributed by atoms with van der Waals surface area (Å²) in [5.41, 5.74) is 8.17. The quantitative estimate of drug-likeness (QED) is 0.554. The van der Waals surface area contributed by atoms with E-state index in [9.17, 15) is 14.7 Å². The minimum absolute atomic E-state index is 0.0317. The Hall–Kier alpha value is -3.20. The molecular formula is C26H35N5O4. The topological polar surface area (TPSA) is 131 Å². The number of hydrogen-bond donors (Lipinski definition) is 3. The van der Waals surface area contributed by atoms with E-state index >= 15 is 0 Å². The molecule has 1 aliphatic carbocycles. The highest BCUT2D eigenvalue weighted by Gasteiger charge is 2.29. The van der Waals surface area contributed by atoms with Crippen molar-refractivity contribution in [3.8, 4) is 5.88 Å². The number of carbonyl (C=O) groups is 2. The summed E-state index contributed by atoms with van der Waals surface area (Å²) in [6, 6.07) is 7.94. The summed E-state index contributed by atoms with van der Waals surface area (Å²) in [6.45, 7) is 4.68. The molecule has 0 saturated heterocycles. The number of nitrogens with two attached hydrogens (primary N) is 1. The maximum atomic E-state index is 13.1. The standard InChI is InChI=1S/C26H35N5O4/c1-16(2)21(14-32)30-22(33)13-17-3-5-18(6-4-17)19-7-9-20(10-8-19)31-11-12-35-25-23(26(31)34)24(27)28-15-29-25/h7-10,15-18,21,32H,3-6,11-14H2,1-2H3,(H,30,33)(H2,27,28,29)/t17?,18?,21-/m0/s1. The average Bonchev–Trinajstić information content (AvgIpc) is 3.02. The van der Waals surface area contributed by atoms with Crippen LogP contribution in [-0.4, -0.2) is 52.7 Å². The molecule has 1 fully saturated rings. The smallest absolute Gasteiger partial charge is 0.267 e. The molecule has 35 heavy (non-hydrogen) atoms. The van der Waals surface area contributed by atoms with Crippen molar-refractivity contribution in [2.45, 2.75) is 57.9 Å². The second-order valence-electron chi connectivity index (χ2n) is 9.86. The van der Waals surface area contributed by atoms with Crippen LogP contribution < -0.4 is 20.7 Å². The first-order valence-electron chi connectivity index (χ1n) is 12.4. The molecule has 2 aromatic rings. The molecule has 0 spiro atoms. The molecule has 0 unspecified atom stereocenters. The maximum absolute atomic E-state index is 13.1. The number of amides is 2. The Morgan fingerprint density at radius 2 is 1.91 bits per heavy atom. The van der Waals surface area contributed by atoms with Gasteiger partial charge >= 0.3 is 0 Å². The Bertz CT molecular complexity index is 1030. The largest absolute Gasteiger partial charge is 0.475 e. The van der Waals surface area contributed by atoms with Crippen LogP contribution in [0.2, 0.25) is 0 Å². The third-order valence-electron chi connectivity index (χ3n) is 7.20. The number of hydrogen-bond acceptors (Lipinski definition) is 7. The highest BCUT2D eigenvalue weighted by atomic mass is 16.5. The van der Waals surface area contributed by atoms with Crippen molar-refractivity contribution in [1.82, 2.24) is 15.3 Å². The van der Waals surface area contributed by atoms with Crippen LogP contribution in [0.1, 0.15) is 67.8 Å².